The Labute approximate surface area is 154 Å². The van der Waals surface area contributed by atoms with E-state index >= 15 is 0 Å². The van der Waals surface area contributed by atoms with Crippen molar-refractivity contribution in [1.82, 2.24) is 10.2 Å². The van der Waals surface area contributed by atoms with E-state index in [1.54, 1.807) is 12.1 Å². The number of aliphatic hydroxyl groups excluding tert-OH is 1. The predicted octanol–water partition coefficient (Wildman–Crippen LogP) is 2.89. The Kier molecular flexibility index (Phi) is 3.84. The molecule has 128 valence electrons. The van der Waals surface area contributed by atoms with Crippen molar-refractivity contribution in [1.29, 1.82) is 0 Å². The number of phenols is 1. The molecule has 0 spiro atoms. The van der Waals surface area contributed by atoms with Crippen LogP contribution in [0.25, 0.3) is 0 Å². The van der Waals surface area contributed by atoms with Crippen LogP contribution in [0, 0.1) is 5.92 Å². The minimum atomic E-state index is -0.939. The van der Waals surface area contributed by atoms with Crippen molar-refractivity contribution in [3.05, 3.63) is 45.1 Å². The molecule has 1 saturated carbocycles. The van der Waals surface area contributed by atoms with Gasteiger partial charge in [-0.3, -0.25) is 14.5 Å². The van der Waals surface area contributed by atoms with Crippen LogP contribution in [0.3, 0.4) is 0 Å². The fraction of sp³-hybridized carbons (Fsp3) is 0.250. The van der Waals surface area contributed by atoms with Gasteiger partial charge >= 0.3 is 0 Å². The molecular weight excluding hydrogens is 410 g/mol. The lowest BCUT2D eigenvalue weighted by molar-refractivity contribution is -0.118. The van der Waals surface area contributed by atoms with Crippen LogP contribution >= 0.6 is 27.3 Å². The topological polar surface area (TPSA) is 104 Å². The van der Waals surface area contributed by atoms with Crippen molar-refractivity contribution in [2.45, 2.75) is 18.9 Å². The molecular formula is C16H12BrN3O4S. The Bertz CT molecular complexity index is 908. The van der Waals surface area contributed by atoms with Crippen LogP contribution in [0.5, 0.6) is 5.75 Å². The Morgan fingerprint density at radius 3 is 2.72 bits per heavy atom. The van der Waals surface area contributed by atoms with Gasteiger partial charge in [0.1, 0.15) is 17.3 Å². The number of hydrogen-bond donors (Lipinski definition) is 2. The van der Waals surface area contributed by atoms with Gasteiger partial charge in [0.15, 0.2) is 11.5 Å². The van der Waals surface area contributed by atoms with Gasteiger partial charge in [0.2, 0.25) is 5.13 Å². The molecule has 1 aliphatic heterocycles. The fourth-order valence-electron chi connectivity index (χ4n) is 2.93. The lowest BCUT2D eigenvalue weighted by Crippen LogP contribution is -2.31. The predicted molar refractivity (Wildman–Crippen MR) is 93.3 cm³/mol. The van der Waals surface area contributed by atoms with Crippen LogP contribution in [0.4, 0.5) is 5.13 Å². The second kappa shape index (κ2) is 5.92. The highest BCUT2D eigenvalue weighted by Gasteiger charge is 2.49. The molecule has 1 aromatic heterocycles. The van der Waals surface area contributed by atoms with Gasteiger partial charge in [-0.1, -0.05) is 27.3 Å². The first-order valence-electron chi connectivity index (χ1n) is 7.54. The van der Waals surface area contributed by atoms with Crippen LogP contribution in [0.1, 0.15) is 24.4 Å². The number of ketones is 1. The van der Waals surface area contributed by atoms with E-state index in [1.165, 1.54) is 16.5 Å². The molecule has 0 radical (unpaired) electrons. The molecule has 25 heavy (non-hydrogen) atoms. The van der Waals surface area contributed by atoms with Gasteiger partial charge in [-0.05, 0) is 31.0 Å². The molecule has 4 rings (SSSR count). The quantitative estimate of drug-likeness (QED) is 0.786. The third kappa shape index (κ3) is 2.63. The lowest BCUT2D eigenvalue weighted by Gasteiger charge is -2.24. The summed E-state index contributed by atoms with van der Waals surface area (Å²) in [4.78, 5) is 26.6. The molecule has 1 fully saturated rings. The standard InChI is InChI=1S/C16H12BrN3O4S/c17-8-3-4-10(21)9(5-8)12-11(13(22)7-1-2-7)14(23)15(24)20(12)16-19-18-6-25-16/h3-7,12,21,23H,1-2H2. The lowest BCUT2D eigenvalue weighted by atomic mass is 9.93. The highest BCUT2D eigenvalue weighted by molar-refractivity contribution is 9.10. The highest BCUT2D eigenvalue weighted by Crippen LogP contribution is 2.47. The molecule has 2 aromatic rings. The molecule has 2 N–H and O–H groups in total. The molecule has 1 atom stereocenters. The number of hydrogen-bond acceptors (Lipinski definition) is 7. The van der Waals surface area contributed by atoms with Crippen molar-refractivity contribution < 1.29 is 19.8 Å². The van der Waals surface area contributed by atoms with E-state index in [4.69, 9.17) is 0 Å². The van der Waals surface area contributed by atoms with E-state index in [-0.39, 0.29) is 28.2 Å². The van der Waals surface area contributed by atoms with E-state index in [1.807, 2.05) is 0 Å². The van der Waals surface area contributed by atoms with Crippen LogP contribution < -0.4 is 4.90 Å². The minimum Gasteiger partial charge on any atom is -0.508 e. The highest BCUT2D eigenvalue weighted by atomic mass is 79.9. The fourth-order valence-corrected chi connectivity index (χ4v) is 3.89. The Morgan fingerprint density at radius 2 is 2.08 bits per heavy atom. The van der Waals surface area contributed by atoms with Crippen LogP contribution in [-0.4, -0.2) is 32.1 Å². The molecule has 2 heterocycles. The van der Waals surface area contributed by atoms with Crippen molar-refractivity contribution in [3.8, 4) is 5.75 Å². The number of rotatable bonds is 4. The smallest absolute Gasteiger partial charge is 0.296 e. The van der Waals surface area contributed by atoms with Crippen molar-refractivity contribution in [2.75, 3.05) is 4.90 Å². The van der Waals surface area contributed by atoms with E-state index in [0.29, 0.717) is 10.0 Å². The van der Waals surface area contributed by atoms with E-state index in [2.05, 4.69) is 26.1 Å². The van der Waals surface area contributed by atoms with Gasteiger partial charge in [-0.15, -0.1) is 10.2 Å². The number of Topliss-reactive ketones (excluding diaryl/α,β-unsaturated/α-hetero) is 1. The number of nitrogens with zero attached hydrogens (tertiary/aromatic N) is 3. The number of halogens is 1. The Hall–Kier alpha value is -2.26. The zero-order valence-corrected chi connectivity index (χ0v) is 15.1. The number of aliphatic hydroxyl groups is 1. The van der Waals surface area contributed by atoms with Gasteiger partial charge in [-0.25, -0.2) is 0 Å². The maximum absolute atomic E-state index is 12.7. The molecule has 2 aliphatic rings. The molecule has 0 bridgehead atoms. The van der Waals surface area contributed by atoms with Gasteiger partial charge < -0.3 is 10.2 Å². The van der Waals surface area contributed by atoms with Gasteiger partial charge in [0, 0.05) is 16.0 Å². The van der Waals surface area contributed by atoms with Crippen molar-refractivity contribution in [2.24, 2.45) is 5.92 Å². The molecule has 1 aromatic carbocycles. The molecule has 0 saturated heterocycles. The monoisotopic (exact) mass is 421 g/mol. The van der Waals surface area contributed by atoms with Crippen molar-refractivity contribution >= 4 is 44.1 Å². The molecule has 1 aliphatic carbocycles. The van der Waals surface area contributed by atoms with Gasteiger partial charge in [0.25, 0.3) is 5.91 Å². The number of anilines is 1. The zero-order chi connectivity index (χ0) is 17.7. The third-order valence-electron chi connectivity index (χ3n) is 4.26. The maximum atomic E-state index is 12.7. The number of phenolic OH excluding ortho intramolecular Hbond substituents is 1. The van der Waals surface area contributed by atoms with Crippen LogP contribution in [-0.2, 0) is 9.59 Å². The van der Waals surface area contributed by atoms with Gasteiger partial charge in [-0.2, -0.15) is 0 Å². The summed E-state index contributed by atoms with van der Waals surface area (Å²) in [6.07, 6.45) is 1.47. The molecule has 1 unspecified atom stereocenters. The first-order chi connectivity index (χ1) is 12.0. The number of aromatic hydroxyl groups is 1. The summed E-state index contributed by atoms with van der Waals surface area (Å²) in [6.45, 7) is 0. The van der Waals surface area contributed by atoms with E-state index < -0.39 is 17.7 Å². The summed E-state index contributed by atoms with van der Waals surface area (Å²) in [5.41, 5.74) is 1.81. The van der Waals surface area contributed by atoms with Crippen LogP contribution in [0.15, 0.2) is 39.5 Å². The molecule has 1 amide bonds. The van der Waals surface area contributed by atoms with E-state index in [9.17, 15) is 19.8 Å². The third-order valence-corrected chi connectivity index (χ3v) is 5.44. The van der Waals surface area contributed by atoms with Crippen LogP contribution in [0.2, 0.25) is 0 Å². The summed E-state index contributed by atoms with van der Waals surface area (Å²) < 4.78 is 0.676. The first-order valence-corrected chi connectivity index (χ1v) is 9.21. The summed E-state index contributed by atoms with van der Waals surface area (Å²) in [5, 5.41) is 28.6. The number of carbonyl (C=O) groups is 2. The average molecular weight is 422 g/mol. The number of aromatic nitrogens is 2. The second-order valence-electron chi connectivity index (χ2n) is 5.90. The molecule has 9 heteroatoms. The number of amides is 1. The summed E-state index contributed by atoms with van der Waals surface area (Å²) >= 11 is 4.45. The Balaban J connectivity index is 1.91. The summed E-state index contributed by atoms with van der Waals surface area (Å²) in [7, 11) is 0. The van der Waals surface area contributed by atoms with E-state index in [0.717, 1.165) is 24.2 Å². The second-order valence-corrected chi connectivity index (χ2v) is 7.63. The maximum Gasteiger partial charge on any atom is 0.296 e. The number of carbonyl (C=O) groups excluding carboxylic acids is 2. The minimum absolute atomic E-state index is 0.0103. The average Bonchev–Trinajstić information content (AvgIpc) is 3.25. The largest absolute Gasteiger partial charge is 0.508 e. The van der Waals surface area contributed by atoms with Gasteiger partial charge in [0.05, 0.1) is 5.57 Å². The summed E-state index contributed by atoms with van der Waals surface area (Å²) in [5.74, 6) is -1.83. The summed E-state index contributed by atoms with van der Waals surface area (Å²) in [6, 6.07) is 3.80. The number of benzene rings is 1. The van der Waals surface area contributed by atoms with Crippen molar-refractivity contribution in [3.63, 3.8) is 0 Å². The SMILES string of the molecule is O=C(C1=C(O)C(=O)N(c2nncs2)C1c1cc(Br)ccc1O)C1CC1. The Morgan fingerprint density at radius 1 is 1.32 bits per heavy atom. The first kappa shape index (κ1) is 16.2. The molecule has 7 nitrogen and oxygen atoms in total. The normalized spacial score (nSPS) is 20.4. The zero-order valence-electron chi connectivity index (χ0n) is 12.7.